The Morgan fingerprint density at radius 1 is 0.960 bits per heavy atom. The maximum Gasteiger partial charge on any atom is 0.235 e. The van der Waals surface area contributed by atoms with Crippen LogP contribution in [0.1, 0.15) is 51.9 Å². The van der Waals surface area contributed by atoms with E-state index in [9.17, 15) is 0 Å². The average molecular weight is 364 g/mol. The predicted molar refractivity (Wildman–Crippen MR) is 101 cm³/mol. The molecule has 6 heteroatoms. The smallest absolute Gasteiger partial charge is 0.235 e. The van der Waals surface area contributed by atoms with Crippen molar-refractivity contribution in [1.82, 2.24) is 4.98 Å². The van der Waals surface area contributed by atoms with E-state index >= 15 is 0 Å². The molecule has 25 heavy (non-hydrogen) atoms. The van der Waals surface area contributed by atoms with Gasteiger partial charge in [0.1, 0.15) is 24.6 Å². The first-order chi connectivity index (χ1) is 12.0. The number of pyridine rings is 1. The van der Waals surface area contributed by atoms with E-state index in [-0.39, 0.29) is 12.1 Å². The molecule has 0 N–H and O–H groups in total. The lowest BCUT2D eigenvalue weighted by Crippen LogP contribution is -2.16. The van der Waals surface area contributed by atoms with E-state index in [2.05, 4.69) is 42.7 Å². The zero-order valence-electron chi connectivity index (χ0n) is 15.3. The molecule has 0 spiro atoms. The summed E-state index contributed by atoms with van der Waals surface area (Å²) in [6.45, 7) is 9.90. The Morgan fingerprint density at radius 3 is 1.80 bits per heavy atom. The molecule has 0 unspecified atom stereocenters. The SMILES string of the molecule is CC[C@H](C)[C@H]1COC(c2cc(Cl)cc(C3=N[C@@H]([C@@H](C)CC)CO3)n2)=N1. The quantitative estimate of drug-likeness (QED) is 0.763. The third-order valence-corrected chi connectivity index (χ3v) is 5.40. The zero-order chi connectivity index (χ0) is 18.0. The Hall–Kier alpha value is -1.62. The lowest BCUT2D eigenvalue weighted by Gasteiger charge is -2.11. The molecule has 0 aromatic carbocycles. The average Bonchev–Trinajstić information content (AvgIpc) is 3.29. The van der Waals surface area contributed by atoms with Gasteiger partial charge in [-0.25, -0.2) is 15.0 Å². The van der Waals surface area contributed by atoms with Gasteiger partial charge in [-0.05, 0) is 24.0 Å². The van der Waals surface area contributed by atoms with Crippen molar-refractivity contribution in [3.8, 4) is 0 Å². The Balaban J connectivity index is 1.85. The Kier molecular flexibility index (Phi) is 5.62. The van der Waals surface area contributed by atoms with Crippen molar-refractivity contribution in [3.05, 3.63) is 28.5 Å². The Morgan fingerprint density at radius 2 is 1.40 bits per heavy atom. The Labute approximate surface area is 154 Å². The maximum atomic E-state index is 6.30. The van der Waals surface area contributed by atoms with Crippen molar-refractivity contribution in [1.29, 1.82) is 0 Å². The number of aliphatic imine (C=N–C) groups is 2. The second-order valence-electron chi connectivity index (χ2n) is 6.95. The highest BCUT2D eigenvalue weighted by atomic mass is 35.5. The fraction of sp³-hybridized carbons (Fsp3) is 0.632. The summed E-state index contributed by atoms with van der Waals surface area (Å²) in [4.78, 5) is 14.0. The van der Waals surface area contributed by atoms with Crippen molar-refractivity contribution >= 4 is 23.4 Å². The molecule has 136 valence electrons. The molecular weight excluding hydrogens is 338 g/mol. The van der Waals surface area contributed by atoms with Crippen LogP contribution in [0.2, 0.25) is 5.02 Å². The van der Waals surface area contributed by atoms with Gasteiger partial charge in [-0.1, -0.05) is 52.1 Å². The molecule has 0 fully saturated rings. The molecule has 4 atom stereocenters. The summed E-state index contributed by atoms with van der Waals surface area (Å²) in [5.41, 5.74) is 1.29. The third-order valence-electron chi connectivity index (χ3n) is 5.18. The van der Waals surface area contributed by atoms with Crippen LogP contribution in [0.5, 0.6) is 0 Å². The number of nitrogens with zero attached hydrogens (tertiary/aromatic N) is 3. The number of hydrogen-bond donors (Lipinski definition) is 0. The number of aromatic nitrogens is 1. The summed E-state index contributed by atoms with van der Waals surface area (Å²) in [6, 6.07) is 3.92. The minimum atomic E-state index is 0.180. The van der Waals surface area contributed by atoms with Crippen LogP contribution >= 0.6 is 11.6 Å². The number of halogens is 1. The fourth-order valence-corrected chi connectivity index (χ4v) is 3.11. The van der Waals surface area contributed by atoms with Gasteiger partial charge in [0.05, 0.1) is 12.1 Å². The van der Waals surface area contributed by atoms with Crippen molar-refractivity contribution in [3.63, 3.8) is 0 Å². The van der Waals surface area contributed by atoms with Gasteiger partial charge in [0.2, 0.25) is 11.8 Å². The standard InChI is InChI=1S/C19H26ClN3O2/c1-5-11(3)16-9-24-18(22-16)14-7-13(20)8-15(21-14)19-23-17(10-25-19)12(4)6-2/h7-8,11-12,16-17H,5-6,9-10H2,1-4H3/t11-,12-,16+,17+/m0/s1. The van der Waals surface area contributed by atoms with Crippen LogP contribution in [-0.4, -0.2) is 42.1 Å². The molecule has 1 aromatic heterocycles. The van der Waals surface area contributed by atoms with Crippen molar-refractivity contribution in [2.75, 3.05) is 13.2 Å². The van der Waals surface area contributed by atoms with Crippen LogP contribution in [0, 0.1) is 11.8 Å². The highest BCUT2D eigenvalue weighted by molar-refractivity contribution is 6.31. The van der Waals surface area contributed by atoms with Crippen LogP contribution in [0.3, 0.4) is 0 Å². The van der Waals surface area contributed by atoms with Gasteiger partial charge in [0.25, 0.3) is 0 Å². The number of rotatable bonds is 6. The van der Waals surface area contributed by atoms with E-state index in [0.29, 0.717) is 53.3 Å². The third kappa shape index (κ3) is 3.97. The van der Waals surface area contributed by atoms with E-state index in [1.54, 1.807) is 12.1 Å². The highest BCUT2D eigenvalue weighted by Gasteiger charge is 2.28. The number of hydrogen-bond acceptors (Lipinski definition) is 5. The van der Waals surface area contributed by atoms with Crippen molar-refractivity contribution in [2.45, 2.75) is 52.6 Å². The molecule has 3 heterocycles. The first-order valence-corrected chi connectivity index (χ1v) is 9.49. The summed E-state index contributed by atoms with van der Waals surface area (Å²) >= 11 is 6.30. The summed E-state index contributed by atoms with van der Waals surface area (Å²) in [6.07, 6.45) is 2.14. The molecule has 2 aliphatic heterocycles. The van der Waals surface area contributed by atoms with Crippen LogP contribution in [0.15, 0.2) is 22.1 Å². The van der Waals surface area contributed by atoms with Crippen LogP contribution in [0.4, 0.5) is 0 Å². The number of ether oxygens (including phenoxy) is 2. The van der Waals surface area contributed by atoms with Crippen LogP contribution in [-0.2, 0) is 9.47 Å². The zero-order valence-corrected chi connectivity index (χ0v) is 16.1. The van der Waals surface area contributed by atoms with Crippen LogP contribution in [0.25, 0.3) is 0 Å². The summed E-state index contributed by atoms with van der Waals surface area (Å²) < 4.78 is 11.5. The summed E-state index contributed by atoms with van der Waals surface area (Å²) in [5.74, 6) is 2.09. The minimum Gasteiger partial charge on any atom is -0.474 e. The van der Waals surface area contributed by atoms with Gasteiger partial charge in [0, 0.05) is 5.02 Å². The molecule has 0 saturated carbocycles. The van der Waals surface area contributed by atoms with E-state index in [1.807, 2.05) is 0 Å². The fourth-order valence-electron chi connectivity index (χ4n) is 2.90. The molecule has 0 radical (unpaired) electrons. The lowest BCUT2D eigenvalue weighted by atomic mass is 10.0. The van der Waals surface area contributed by atoms with Crippen LogP contribution < -0.4 is 0 Å². The summed E-state index contributed by atoms with van der Waals surface area (Å²) in [5, 5.41) is 0.580. The van der Waals surface area contributed by atoms with Gasteiger partial charge in [0.15, 0.2) is 0 Å². The molecular formula is C19H26ClN3O2. The van der Waals surface area contributed by atoms with E-state index < -0.39 is 0 Å². The van der Waals surface area contributed by atoms with Gasteiger partial charge < -0.3 is 9.47 Å². The van der Waals surface area contributed by atoms with Gasteiger partial charge >= 0.3 is 0 Å². The van der Waals surface area contributed by atoms with Gasteiger partial charge in [-0.15, -0.1) is 0 Å². The first-order valence-electron chi connectivity index (χ1n) is 9.11. The monoisotopic (exact) mass is 363 g/mol. The molecule has 0 saturated heterocycles. The first kappa shape index (κ1) is 18.2. The molecule has 0 aliphatic carbocycles. The molecule has 1 aromatic rings. The molecule has 0 amide bonds. The minimum absolute atomic E-state index is 0.180. The van der Waals surface area contributed by atoms with Crippen molar-refractivity contribution in [2.24, 2.45) is 21.8 Å². The summed E-state index contributed by atoms with van der Waals surface area (Å²) in [7, 11) is 0. The highest BCUT2D eigenvalue weighted by Crippen LogP contribution is 2.24. The largest absolute Gasteiger partial charge is 0.474 e. The van der Waals surface area contributed by atoms with E-state index in [0.717, 1.165) is 12.8 Å². The normalized spacial score (nSPS) is 25.0. The molecule has 2 aliphatic rings. The molecule has 5 nitrogen and oxygen atoms in total. The molecule has 0 bridgehead atoms. The van der Waals surface area contributed by atoms with E-state index in [1.165, 1.54) is 0 Å². The Bertz CT molecular complexity index is 635. The maximum absolute atomic E-state index is 6.30. The second kappa shape index (κ2) is 7.73. The predicted octanol–water partition coefficient (Wildman–Crippen LogP) is 4.12. The van der Waals surface area contributed by atoms with Gasteiger partial charge in [-0.2, -0.15) is 0 Å². The lowest BCUT2D eigenvalue weighted by molar-refractivity contribution is 0.281. The second-order valence-corrected chi connectivity index (χ2v) is 7.39. The molecule has 3 rings (SSSR count). The van der Waals surface area contributed by atoms with Crippen molar-refractivity contribution < 1.29 is 9.47 Å². The van der Waals surface area contributed by atoms with Gasteiger partial charge in [-0.3, -0.25) is 0 Å². The topological polar surface area (TPSA) is 56.1 Å². The van der Waals surface area contributed by atoms with E-state index in [4.69, 9.17) is 21.1 Å².